The van der Waals surface area contributed by atoms with Gasteiger partial charge in [-0.25, -0.2) is 18.4 Å². The first-order valence-corrected chi connectivity index (χ1v) is 13.0. The van der Waals surface area contributed by atoms with E-state index in [0.717, 1.165) is 10.2 Å². The minimum absolute atomic E-state index is 0.0624. The fraction of sp³-hybridized carbons (Fsp3) is 0.200. The topological polar surface area (TPSA) is 114 Å². The van der Waals surface area contributed by atoms with Gasteiger partial charge in [0.25, 0.3) is 0 Å². The van der Waals surface area contributed by atoms with Gasteiger partial charge >= 0.3 is 6.09 Å². The van der Waals surface area contributed by atoms with Crippen LogP contribution < -0.4 is 9.88 Å². The largest absolute Gasteiger partial charge is 0.488 e. The van der Waals surface area contributed by atoms with Crippen molar-refractivity contribution in [2.45, 2.75) is 37.9 Å². The maximum Gasteiger partial charge on any atom is 0.435 e. The summed E-state index contributed by atoms with van der Waals surface area (Å²) in [6.45, 7) is 5.62. The molecule has 4 rings (SSSR count). The fourth-order valence-corrected chi connectivity index (χ4v) is 4.44. The Morgan fingerprint density at radius 2 is 1.77 bits per heavy atom. The highest BCUT2D eigenvalue weighted by molar-refractivity contribution is 9.10. The third-order valence-corrected chi connectivity index (χ3v) is 6.50. The van der Waals surface area contributed by atoms with Crippen molar-refractivity contribution in [1.82, 2.24) is 9.78 Å². The molecule has 1 heterocycles. The second-order valence-corrected chi connectivity index (χ2v) is 11.3. The second-order valence-electron chi connectivity index (χ2n) is 8.89. The Kier molecular flexibility index (Phi) is 6.72. The van der Waals surface area contributed by atoms with Crippen LogP contribution in [0.4, 0.5) is 4.79 Å². The van der Waals surface area contributed by atoms with Gasteiger partial charge in [-0.2, -0.15) is 9.78 Å². The van der Waals surface area contributed by atoms with Crippen LogP contribution in [0.3, 0.4) is 0 Å². The number of benzene rings is 3. The number of fused-ring (bicyclic) bond motifs is 1. The number of halogens is 1. The molecule has 0 bridgehead atoms. The Labute approximate surface area is 211 Å². The van der Waals surface area contributed by atoms with Crippen molar-refractivity contribution in [2.75, 3.05) is 0 Å². The summed E-state index contributed by atoms with van der Waals surface area (Å²) < 4.78 is 37.2. The normalized spacial score (nSPS) is 12.0. The number of primary sulfonamides is 1. The van der Waals surface area contributed by atoms with Crippen LogP contribution >= 0.6 is 15.9 Å². The predicted octanol–water partition coefficient (Wildman–Crippen LogP) is 5.48. The van der Waals surface area contributed by atoms with Crippen molar-refractivity contribution in [2.24, 2.45) is 5.14 Å². The van der Waals surface area contributed by atoms with Gasteiger partial charge in [-0.1, -0.05) is 42.5 Å². The lowest BCUT2D eigenvalue weighted by atomic mass is 10.1. The van der Waals surface area contributed by atoms with Gasteiger partial charge in [-0.15, -0.1) is 0 Å². The predicted molar refractivity (Wildman–Crippen MR) is 137 cm³/mol. The molecule has 0 aliphatic heterocycles. The minimum atomic E-state index is -3.93. The average molecular weight is 558 g/mol. The molecule has 0 fully saturated rings. The molecule has 10 heteroatoms. The molecule has 4 aromatic rings. The van der Waals surface area contributed by atoms with Crippen molar-refractivity contribution in [1.29, 1.82) is 0 Å². The molecule has 0 aliphatic carbocycles. The van der Waals surface area contributed by atoms with Gasteiger partial charge in [0.2, 0.25) is 10.0 Å². The van der Waals surface area contributed by atoms with E-state index in [2.05, 4.69) is 21.0 Å². The summed E-state index contributed by atoms with van der Waals surface area (Å²) in [7, 11) is -3.93. The Morgan fingerprint density at radius 3 is 2.43 bits per heavy atom. The molecule has 1 aromatic heterocycles. The molecule has 0 atom stereocenters. The van der Waals surface area contributed by atoms with Crippen LogP contribution in [0.1, 0.15) is 26.3 Å². The van der Waals surface area contributed by atoms with Gasteiger partial charge in [0.05, 0.1) is 14.9 Å². The van der Waals surface area contributed by atoms with E-state index in [1.54, 1.807) is 45.0 Å². The summed E-state index contributed by atoms with van der Waals surface area (Å²) in [5.41, 5.74) is 1.58. The lowest BCUT2D eigenvalue weighted by Gasteiger charge is -2.19. The molecular formula is C25H24BrN3O5S. The van der Waals surface area contributed by atoms with E-state index in [0.29, 0.717) is 39.0 Å². The van der Waals surface area contributed by atoms with Crippen LogP contribution in [0.25, 0.3) is 22.2 Å². The third kappa shape index (κ3) is 5.72. The van der Waals surface area contributed by atoms with Crippen molar-refractivity contribution in [3.63, 3.8) is 0 Å². The van der Waals surface area contributed by atoms with E-state index < -0.39 is 21.7 Å². The molecule has 0 aliphatic rings. The molecule has 0 amide bonds. The molecule has 3 aromatic carbocycles. The van der Waals surface area contributed by atoms with Crippen LogP contribution in [0.2, 0.25) is 0 Å². The van der Waals surface area contributed by atoms with E-state index in [1.165, 1.54) is 12.1 Å². The molecule has 0 saturated heterocycles. The molecule has 0 spiro atoms. The third-order valence-electron chi connectivity index (χ3n) is 4.97. The fourth-order valence-electron chi connectivity index (χ4n) is 3.44. The highest BCUT2D eigenvalue weighted by Gasteiger charge is 2.24. The number of carbonyl (C=O) groups excluding carboxylic acids is 1. The molecule has 182 valence electrons. The first-order chi connectivity index (χ1) is 16.4. The summed E-state index contributed by atoms with van der Waals surface area (Å²) in [5.74, 6) is 0.536. The van der Waals surface area contributed by atoms with E-state index in [-0.39, 0.29) is 4.90 Å². The molecular weight excluding hydrogens is 534 g/mol. The van der Waals surface area contributed by atoms with Crippen LogP contribution in [-0.4, -0.2) is 29.9 Å². The van der Waals surface area contributed by atoms with E-state index in [1.807, 2.05) is 30.3 Å². The molecule has 35 heavy (non-hydrogen) atoms. The van der Waals surface area contributed by atoms with Gasteiger partial charge in [-0.05, 0) is 66.5 Å². The number of carbonyl (C=O) groups is 1. The maximum atomic E-state index is 13.0. The van der Waals surface area contributed by atoms with Crippen LogP contribution in [-0.2, 0) is 21.4 Å². The summed E-state index contributed by atoms with van der Waals surface area (Å²) in [4.78, 5) is 12.9. The Hall–Kier alpha value is -3.21. The highest BCUT2D eigenvalue weighted by Crippen LogP contribution is 2.37. The lowest BCUT2D eigenvalue weighted by Crippen LogP contribution is -2.27. The zero-order valence-corrected chi connectivity index (χ0v) is 21.8. The smallest absolute Gasteiger partial charge is 0.435 e. The Balaban J connectivity index is 1.86. The average Bonchev–Trinajstić information content (AvgIpc) is 3.15. The van der Waals surface area contributed by atoms with E-state index in [4.69, 9.17) is 14.6 Å². The maximum absolute atomic E-state index is 13.0. The minimum Gasteiger partial charge on any atom is -0.488 e. The number of nitrogens with zero attached hydrogens (tertiary/aromatic N) is 2. The van der Waals surface area contributed by atoms with Gasteiger partial charge in [0, 0.05) is 10.9 Å². The van der Waals surface area contributed by atoms with Crippen LogP contribution in [0, 0.1) is 0 Å². The van der Waals surface area contributed by atoms with Crippen LogP contribution in [0.5, 0.6) is 5.75 Å². The number of rotatable bonds is 5. The lowest BCUT2D eigenvalue weighted by molar-refractivity contribution is 0.0523. The summed E-state index contributed by atoms with van der Waals surface area (Å²) in [6, 6.07) is 19.3. The van der Waals surface area contributed by atoms with Gasteiger partial charge < -0.3 is 9.47 Å². The van der Waals surface area contributed by atoms with Crippen molar-refractivity contribution < 1.29 is 22.7 Å². The van der Waals surface area contributed by atoms with Crippen molar-refractivity contribution in [3.05, 3.63) is 76.8 Å². The van der Waals surface area contributed by atoms with E-state index in [9.17, 15) is 13.2 Å². The molecule has 0 saturated carbocycles. The Morgan fingerprint density at radius 1 is 1.06 bits per heavy atom. The monoisotopic (exact) mass is 557 g/mol. The number of hydrogen-bond acceptors (Lipinski definition) is 6. The number of nitrogens with two attached hydrogens (primary N) is 1. The standard InChI is InChI=1S/C25H24BrN3O5S/c1-25(2,3)34-24(30)29-21-14-20(26)22(33-15-16-8-5-4-6-9-16)13-19(21)23(28-29)17-10-7-11-18(12-17)35(27,31)32/h4-14H,15H2,1-3H3,(H2,27,31,32). The summed E-state index contributed by atoms with van der Waals surface area (Å²) >= 11 is 3.52. The second kappa shape index (κ2) is 9.44. The molecule has 8 nitrogen and oxygen atoms in total. The SMILES string of the molecule is CC(C)(C)OC(=O)n1nc(-c2cccc(S(N)(=O)=O)c2)c2cc(OCc3ccccc3)c(Br)cc21. The molecule has 0 unspecified atom stereocenters. The van der Waals surface area contributed by atoms with E-state index >= 15 is 0 Å². The van der Waals surface area contributed by atoms with Gasteiger partial charge in [-0.3, -0.25) is 0 Å². The number of sulfonamides is 1. The van der Waals surface area contributed by atoms with Crippen molar-refractivity contribution >= 4 is 42.9 Å². The van der Waals surface area contributed by atoms with Crippen LogP contribution in [0.15, 0.2) is 76.1 Å². The number of aromatic nitrogens is 2. The Bertz CT molecular complexity index is 1510. The number of ether oxygens (including phenoxy) is 2. The number of hydrogen-bond donors (Lipinski definition) is 1. The first kappa shape index (κ1) is 24.9. The molecule has 0 radical (unpaired) electrons. The zero-order valence-electron chi connectivity index (χ0n) is 19.4. The quantitative estimate of drug-likeness (QED) is 0.347. The molecule has 2 N–H and O–H groups in total. The summed E-state index contributed by atoms with van der Waals surface area (Å²) in [6.07, 6.45) is -0.666. The first-order valence-electron chi connectivity index (χ1n) is 10.7. The summed E-state index contributed by atoms with van der Waals surface area (Å²) in [5, 5.41) is 10.4. The van der Waals surface area contributed by atoms with Gasteiger partial charge in [0.1, 0.15) is 23.7 Å². The zero-order chi connectivity index (χ0) is 25.4. The van der Waals surface area contributed by atoms with Crippen molar-refractivity contribution in [3.8, 4) is 17.0 Å². The van der Waals surface area contributed by atoms with Gasteiger partial charge in [0.15, 0.2) is 0 Å². The highest BCUT2D eigenvalue weighted by atomic mass is 79.9.